The first kappa shape index (κ1) is 21.5. The molecule has 0 N–H and O–H groups in total. The number of amides is 1. The number of thiazole rings is 1. The van der Waals surface area contributed by atoms with Gasteiger partial charge in [0.2, 0.25) is 0 Å². The number of likely N-dealkylation sites (tertiary alicyclic amines) is 1. The van der Waals surface area contributed by atoms with Crippen LogP contribution in [0.5, 0.6) is 5.75 Å². The predicted molar refractivity (Wildman–Crippen MR) is 123 cm³/mol. The number of aryl methyl sites for hydroxylation is 1. The van der Waals surface area contributed by atoms with Crippen LogP contribution in [0.25, 0.3) is 10.6 Å². The van der Waals surface area contributed by atoms with Gasteiger partial charge >= 0.3 is 0 Å². The fraction of sp³-hybridized carbons (Fsp3) is 0.292. The second kappa shape index (κ2) is 9.20. The molecule has 31 heavy (non-hydrogen) atoms. The summed E-state index contributed by atoms with van der Waals surface area (Å²) >= 11 is 7.37. The van der Waals surface area contributed by atoms with Gasteiger partial charge in [-0.2, -0.15) is 0 Å². The number of carbonyl (C=O) groups is 2. The summed E-state index contributed by atoms with van der Waals surface area (Å²) in [5.41, 5.74) is 2.37. The number of rotatable bonds is 5. The van der Waals surface area contributed by atoms with Crippen molar-refractivity contribution in [1.82, 2.24) is 9.88 Å². The molecular weight excluding hydrogens is 432 g/mol. The number of aromatic nitrogens is 1. The highest BCUT2D eigenvalue weighted by atomic mass is 35.5. The molecule has 160 valence electrons. The number of hydrogen-bond donors (Lipinski definition) is 0. The monoisotopic (exact) mass is 454 g/mol. The number of nitrogens with zero attached hydrogens (tertiary/aromatic N) is 2. The topological polar surface area (TPSA) is 59.5 Å². The summed E-state index contributed by atoms with van der Waals surface area (Å²) in [5.74, 6) is 0.791. The van der Waals surface area contributed by atoms with Gasteiger partial charge in [-0.25, -0.2) is 4.98 Å². The first-order chi connectivity index (χ1) is 15.0. The fourth-order valence-corrected chi connectivity index (χ4v) is 4.96. The molecule has 7 heteroatoms. The van der Waals surface area contributed by atoms with Crippen LogP contribution in [0.3, 0.4) is 0 Å². The maximum absolute atomic E-state index is 13.1. The van der Waals surface area contributed by atoms with Crippen LogP contribution in [0.15, 0.2) is 48.5 Å². The highest BCUT2D eigenvalue weighted by Crippen LogP contribution is 2.31. The minimum atomic E-state index is -0.0652. The van der Waals surface area contributed by atoms with Crippen LogP contribution in [0, 0.1) is 12.8 Å². The van der Waals surface area contributed by atoms with Gasteiger partial charge in [0.15, 0.2) is 5.78 Å². The molecular formula is C24H23ClN2O3S. The van der Waals surface area contributed by atoms with Crippen LogP contribution in [0.1, 0.15) is 38.6 Å². The summed E-state index contributed by atoms with van der Waals surface area (Å²) < 4.78 is 5.16. The second-order valence-electron chi connectivity index (χ2n) is 7.60. The third-order valence-corrected chi connectivity index (χ3v) is 7.06. The second-order valence-corrected chi connectivity index (χ2v) is 9.04. The van der Waals surface area contributed by atoms with E-state index in [4.69, 9.17) is 16.3 Å². The Kier molecular flexibility index (Phi) is 6.39. The van der Waals surface area contributed by atoms with Gasteiger partial charge < -0.3 is 9.64 Å². The van der Waals surface area contributed by atoms with Gasteiger partial charge in [-0.1, -0.05) is 23.7 Å². The summed E-state index contributed by atoms with van der Waals surface area (Å²) in [6, 6.07) is 14.7. The largest absolute Gasteiger partial charge is 0.497 e. The van der Waals surface area contributed by atoms with Crippen LogP contribution >= 0.6 is 22.9 Å². The van der Waals surface area contributed by atoms with Crippen molar-refractivity contribution >= 4 is 34.6 Å². The first-order valence-electron chi connectivity index (χ1n) is 10.2. The zero-order valence-corrected chi connectivity index (χ0v) is 19.0. The van der Waals surface area contributed by atoms with Crippen LogP contribution in [0.2, 0.25) is 5.02 Å². The van der Waals surface area contributed by atoms with Crippen LogP contribution in [-0.4, -0.2) is 41.8 Å². The van der Waals surface area contributed by atoms with E-state index in [2.05, 4.69) is 4.98 Å². The van der Waals surface area contributed by atoms with E-state index < -0.39 is 0 Å². The van der Waals surface area contributed by atoms with Crippen molar-refractivity contribution in [2.24, 2.45) is 5.92 Å². The minimum Gasteiger partial charge on any atom is -0.497 e. The van der Waals surface area contributed by atoms with Gasteiger partial charge in [-0.3, -0.25) is 9.59 Å². The molecule has 0 bridgehead atoms. The van der Waals surface area contributed by atoms with Crippen molar-refractivity contribution in [2.75, 3.05) is 20.2 Å². The average molecular weight is 455 g/mol. The Morgan fingerprint density at radius 3 is 2.32 bits per heavy atom. The maximum atomic E-state index is 13.1. The number of ketones is 1. The zero-order chi connectivity index (χ0) is 22.0. The van der Waals surface area contributed by atoms with E-state index in [0.29, 0.717) is 41.4 Å². The van der Waals surface area contributed by atoms with Crippen LogP contribution in [0.4, 0.5) is 0 Å². The van der Waals surface area contributed by atoms with Crippen molar-refractivity contribution in [2.45, 2.75) is 19.8 Å². The van der Waals surface area contributed by atoms with E-state index in [1.165, 1.54) is 11.3 Å². The molecule has 0 aliphatic carbocycles. The van der Waals surface area contributed by atoms with Crippen LogP contribution in [-0.2, 0) is 0 Å². The molecule has 3 aromatic rings. The quantitative estimate of drug-likeness (QED) is 0.476. The Morgan fingerprint density at radius 2 is 1.71 bits per heavy atom. The number of Topliss-reactive ketones (excluding diaryl/α,β-unsaturated/α-hetero) is 1. The smallest absolute Gasteiger partial charge is 0.265 e. The molecule has 4 rings (SSSR count). The molecule has 1 fully saturated rings. The van der Waals surface area contributed by atoms with Gasteiger partial charge in [-0.05, 0) is 56.2 Å². The molecule has 0 radical (unpaired) electrons. The molecule has 0 saturated carbocycles. The van der Waals surface area contributed by atoms with E-state index in [1.54, 1.807) is 31.4 Å². The predicted octanol–water partition coefficient (Wildman–Crippen LogP) is 5.52. The van der Waals surface area contributed by atoms with E-state index in [-0.39, 0.29) is 17.6 Å². The Balaban J connectivity index is 1.41. The number of halogens is 1. The molecule has 0 atom stereocenters. The summed E-state index contributed by atoms with van der Waals surface area (Å²) in [6.07, 6.45) is 1.33. The van der Waals surface area contributed by atoms with Crippen LogP contribution < -0.4 is 4.74 Å². The normalized spacial score (nSPS) is 14.5. The molecule has 1 amide bonds. The van der Waals surface area contributed by atoms with E-state index in [1.807, 2.05) is 36.1 Å². The summed E-state index contributed by atoms with van der Waals surface area (Å²) in [7, 11) is 1.60. The highest BCUT2D eigenvalue weighted by molar-refractivity contribution is 7.17. The first-order valence-corrected chi connectivity index (χ1v) is 11.4. The van der Waals surface area contributed by atoms with E-state index in [9.17, 15) is 9.59 Å². The lowest BCUT2D eigenvalue weighted by Crippen LogP contribution is -2.40. The summed E-state index contributed by atoms with van der Waals surface area (Å²) in [5, 5.41) is 1.47. The maximum Gasteiger partial charge on any atom is 0.265 e. The number of carbonyl (C=O) groups excluding carboxylic acids is 2. The van der Waals surface area contributed by atoms with Gasteiger partial charge in [-0.15, -0.1) is 11.3 Å². The van der Waals surface area contributed by atoms with Crippen molar-refractivity contribution in [3.05, 3.63) is 69.7 Å². The standard InChI is InChI=1S/C24H23ClN2O3S/c1-15-22(31-23(26-15)18-3-7-19(25)8-4-18)24(29)27-13-11-17(12-14-27)21(28)16-5-9-20(30-2)10-6-16/h3-10,17H,11-14H2,1-2H3. The van der Waals surface area contributed by atoms with Gasteiger partial charge in [0.05, 0.1) is 12.8 Å². The number of benzene rings is 2. The highest BCUT2D eigenvalue weighted by Gasteiger charge is 2.30. The number of piperidine rings is 1. The van der Waals surface area contributed by atoms with Gasteiger partial charge in [0.1, 0.15) is 15.6 Å². The third kappa shape index (κ3) is 4.65. The molecule has 2 aromatic carbocycles. The lowest BCUT2D eigenvalue weighted by Gasteiger charge is -2.31. The Bertz CT molecular complexity index is 1090. The molecule has 1 aliphatic rings. The molecule has 0 spiro atoms. The molecule has 1 aliphatic heterocycles. The SMILES string of the molecule is COc1ccc(C(=O)C2CCN(C(=O)c3sc(-c4ccc(Cl)cc4)nc3C)CC2)cc1. The molecule has 5 nitrogen and oxygen atoms in total. The van der Waals surface area contributed by atoms with E-state index >= 15 is 0 Å². The van der Waals surface area contributed by atoms with Crippen molar-refractivity contribution in [3.8, 4) is 16.3 Å². The van der Waals surface area contributed by atoms with Crippen molar-refractivity contribution in [1.29, 1.82) is 0 Å². The summed E-state index contributed by atoms with van der Waals surface area (Å²) in [6.45, 7) is 3.00. The number of ether oxygens (including phenoxy) is 1. The number of methoxy groups -OCH3 is 1. The van der Waals surface area contributed by atoms with Crippen molar-refractivity contribution < 1.29 is 14.3 Å². The average Bonchev–Trinajstić information content (AvgIpc) is 3.20. The molecule has 2 heterocycles. The Hall–Kier alpha value is -2.70. The molecule has 0 unspecified atom stereocenters. The van der Waals surface area contributed by atoms with Gasteiger partial charge in [0, 0.05) is 35.2 Å². The van der Waals surface area contributed by atoms with Crippen molar-refractivity contribution in [3.63, 3.8) is 0 Å². The fourth-order valence-electron chi connectivity index (χ4n) is 3.79. The third-order valence-electron chi connectivity index (χ3n) is 5.61. The zero-order valence-electron chi connectivity index (χ0n) is 17.4. The minimum absolute atomic E-state index is 0.00874. The Morgan fingerprint density at radius 1 is 1.06 bits per heavy atom. The lowest BCUT2D eigenvalue weighted by atomic mass is 9.89. The van der Waals surface area contributed by atoms with E-state index in [0.717, 1.165) is 22.0 Å². The molecule has 1 aromatic heterocycles. The lowest BCUT2D eigenvalue weighted by molar-refractivity contribution is 0.0653. The number of hydrogen-bond acceptors (Lipinski definition) is 5. The molecule has 1 saturated heterocycles. The van der Waals surface area contributed by atoms with Gasteiger partial charge in [0.25, 0.3) is 5.91 Å². The summed E-state index contributed by atoms with van der Waals surface area (Å²) in [4.78, 5) is 33.0. The Labute approximate surface area is 190 Å².